The molecule has 130 valence electrons. The van der Waals surface area contributed by atoms with E-state index >= 15 is 0 Å². The van der Waals surface area contributed by atoms with Crippen LogP contribution >= 0.6 is 11.3 Å². The van der Waals surface area contributed by atoms with E-state index in [1.54, 1.807) is 0 Å². The summed E-state index contributed by atoms with van der Waals surface area (Å²) in [6.07, 6.45) is 0. The zero-order chi connectivity index (χ0) is 17.9. The van der Waals surface area contributed by atoms with E-state index in [0.29, 0.717) is 6.61 Å². The molecule has 3 rings (SSSR count). The van der Waals surface area contributed by atoms with Crippen LogP contribution in [0.15, 0.2) is 72.8 Å². The maximum absolute atomic E-state index is 13.4. The van der Waals surface area contributed by atoms with Gasteiger partial charge in [-0.2, -0.15) is 4.39 Å². The van der Waals surface area contributed by atoms with Gasteiger partial charge in [-0.3, -0.25) is 0 Å². The van der Waals surface area contributed by atoms with Gasteiger partial charge in [0.2, 0.25) is 0 Å². The fraction of sp³-hybridized carbons (Fsp3) is 0.238. The van der Waals surface area contributed by atoms with Crippen LogP contribution in [0.1, 0.15) is 25.6 Å². The second-order valence-corrected chi connectivity index (χ2v) is 12.6. The molecule has 0 N–H and O–H groups in total. The Kier molecular flexibility index (Phi) is 5.23. The summed E-state index contributed by atoms with van der Waals surface area (Å²) in [6.45, 7) is 7.17. The summed E-state index contributed by atoms with van der Waals surface area (Å²) in [4.78, 5) is 0.922. The van der Waals surface area contributed by atoms with Crippen molar-refractivity contribution >= 4 is 30.0 Å². The molecular formula is C21H23FOSSi. The summed E-state index contributed by atoms with van der Waals surface area (Å²) in [5.74, 6) is 0. The number of hydrogen-bond donors (Lipinski definition) is 0. The topological polar surface area (TPSA) is 9.23 Å². The van der Waals surface area contributed by atoms with E-state index < -0.39 is 8.32 Å². The van der Waals surface area contributed by atoms with Crippen molar-refractivity contribution < 1.29 is 8.82 Å². The average Bonchev–Trinajstić information content (AvgIpc) is 3.02. The van der Waals surface area contributed by atoms with E-state index in [1.807, 2.05) is 18.2 Å². The number of benzene rings is 2. The van der Waals surface area contributed by atoms with Gasteiger partial charge in [-0.25, -0.2) is 0 Å². The molecule has 0 bridgehead atoms. The van der Waals surface area contributed by atoms with Gasteiger partial charge >= 0.3 is 0 Å². The van der Waals surface area contributed by atoms with E-state index in [2.05, 4.69) is 69.3 Å². The second kappa shape index (κ2) is 7.24. The number of thiophene rings is 1. The van der Waals surface area contributed by atoms with Crippen LogP contribution in [0.4, 0.5) is 4.39 Å². The molecule has 1 heterocycles. The fourth-order valence-electron chi connectivity index (χ4n) is 3.37. The Balaban J connectivity index is 2.11. The number of halogens is 1. The van der Waals surface area contributed by atoms with Gasteiger partial charge in [0.15, 0.2) is 5.13 Å². The van der Waals surface area contributed by atoms with Crippen molar-refractivity contribution in [3.8, 4) is 0 Å². The zero-order valence-corrected chi connectivity index (χ0v) is 16.6. The van der Waals surface area contributed by atoms with Gasteiger partial charge in [-0.05, 0) is 27.5 Å². The first-order chi connectivity index (χ1) is 11.9. The van der Waals surface area contributed by atoms with Gasteiger partial charge in [0.25, 0.3) is 8.32 Å². The van der Waals surface area contributed by atoms with Crippen LogP contribution in [0, 0.1) is 5.13 Å². The molecule has 0 aliphatic rings. The minimum absolute atomic E-state index is 0.0640. The highest BCUT2D eigenvalue weighted by atomic mass is 32.1. The highest BCUT2D eigenvalue weighted by Gasteiger charge is 2.50. The predicted molar refractivity (Wildman–Crippen MR) is 107 cm³/mol. The smallest absolute Gasteiger partial charge is 0.261 e. The van der Waals surface area contributed by atoms with Gasteiger partial charge in [0.1, 0.15) is 0 Å². The first-order valence-electron chi connectivity index (χ1n) is 8.43. The summed E-state index contributed by atoms with van der Waals surface area (Å²) in [7, 11) is -2.54. The van der Waals surface area contributed by atoms with Crippen LogP contribution in [0.2, 0.25) is 5.04 Å². The molecule has 0 radical (unpaired) electrons. The Morgan fingerprint density at radius 3 is 1.76 bits per heavy atom. The Bertz CT molecular complexity index is 769. The molecule has 2 aromatic carbocycles. The molecule has 0 unspecified atom stereocenters. The summed E-state index contributed by atoms with van der Waals surface area (Å²) in [5.41, 5.74) is 0. The largest absolute Gasteiger partial charge is 0.402 e. The molecule has 0 amide bonds. The van der Waals surface area contributed by atoms with Crippen LogP contribution in [0.5, 0.6) is 0 Å². The third kappa shape index (κ3) is 3.61. The minimum atomic E-state index is -2.54. The molecule has 0 fully saturated rings. The van der Waals surface area contributed by atoms with Gasteiger partial charge in [-0.15, -0.1) is 11.3 Å². The molecule has 0 saturated heterocycles. The molecule has 0 aliphatic heterocycles. The van der Waals surface area contributed by atoms with Crippen LogP contribution in [0.3, 0.4) is 0 Å². The Labute approximate surface area is 154 Å². The van der Waals surface area contributed by atoms with Gasteiger partial charge in [-0.1, -0.05) is 81.4 Å². The summed E-state index contributed by atoms with van der Waals surface area (Å²) in [5, 5.41) is 2.25. The van der Waals surface area contributed by atoms with E-state index in [4.69, 9.17) is 4.43 Å². The van der Waals surface area contributed by atoms with Gasteiger partial charge < -0.3 is 4.43 Å². The molecule has 25 heavy (non-hydrogen) atoms. The van der Waals surface area contributed by atoms with Crippen molar-refractivity contribution in [3.63, 3.8) is 0 Å². The van der Waals surface area contributed by atoms with Crippen LogP contribution in [-0.4, -0.2) is 8.32 Å². The zero-order valence-electron chi connectivity index (χ0n) is 14.8. The van der Waals surface area contributed by atoms with Crippen molar-refractivity contribution in [2.75, 3.05) is 0 Å². The molecule has 3 aromatic rings. The average molecular weight is 371 g/mol. The lowest BCUT2D eigenvalue weighted by molar-refractivity contribution is 0.289. The molecule has 0 spiro atoms. The van der Waals surface area contributed by atoms with E-state index in [9.17, 15) is 4.39 Å². The van der Waals surface area contributed by atoms with E-state index in [0.717, 1.165) is 16.2 Å². The molecular weight excluding hydrogens is 347 g/mol. The highest BCUT2D eigenvalue weighted by molar-refractivity contribution is 7.10. The molecule has 1 nitrogen and oxygen atoms in total. The first kappa shape index (κ1) is 18.1. The number of hydrogen-bond acceptors (Lipinski definition) is 2. The second-order valence-electron chi connectivity index (χ2n) is 7.16. The predicted octanol–water partition coefficient (Wildman–Crippen LogP) is 4.96. The Morgan fingerprint density at radius 1 is 0.840 bits per heavy atom. The van der Waals surface area contributed by atoms with Crippen LogP contribution < -0.4 is 10.4 Å². The molecule has 1 aromatic heterocycles. The number of rotatable bonds is 5. The third-order valence-corrected chi connectivity index (χ3v) is 10.3. The summed E-state index contributed by atoms with van der Waals surface area (Å²) in [6, 6.07) is 24.3. The Hall–Kier alpha value is -1.75. The standard InChI is InChI=1S/C21H23FOSSi/c1-21(2,3)25(18-10-6-4-7-11-18,19-12-8-5-9-13-19)23-16-17-14-15-20(22)24-17/h4-15H,16H2,1-3H3. The van der Waals surface area contributed by atoms with Gasteiger partial charge in [0, 0.05) is 4.88 Å². The van der Waals surface area contributed by atoms with E-state index in [-0.39, 0.29) is 10.2 Å². The van der Waals surface area contributed by atoms with Crippen LogP contribution in [-0.2, 0) is 11.0 Å². The molecule has 4 heteroatoms. The quantitative estimate of drug-likeness (QED) is 0.577. The van der Waals surface area contributed by atoms with Crippen molar-refractivity contribution in [1.82, 2.24) is 0 Å². The minimum Gasteiger partial charge on any atom is -0.402 e. The monoisotopic (exact) mass is 370 g/mol. The third-order valence-electron chi connectivity index (χ3n) is 4.48. The lowest BCUT2D eigenvalue weighted by Crippen LogP contribution is -2.66. The first-order valence-corrected chi connectivity index (χ1v) is 11.2. The molecule has 0 saturated carbocycles. The van der Waals surface area contributed by atoms with Gasteiger partial charge in [0.05, 0.1) is 6.61 Å². The lowest BCUT2D eigenvalue weighted by Gasteiger charge is -2.43. The van der Waals surface area contributed by atoms with Crippen molar-refractivity contribution in [1.29, 1.82) is 0 Å². The van der Waals surface area contributed by atoms with Crippen molar-refractivity contribution in [3.05, 3.63) is 82.8 Å². The molecule has 0 aliphatic carbocycles. The maximum Gasteiger partial charge on any atom is 0.261 e. The summed E-state index contributed by atoms with van der Waals surface area (Å²) < 4.78 is 20.1. The fourth-order valence-corrected chi connectivity index (χ4v) is 8.64. The molecule has 0 atom stereocenters. The van der Waals surface area contributed by atoms with E-state index in [1.165, 1.54) is 16.4 Å². The Morgan fingerprint density at radius 2 is 1.36 bits per heavy atom. The maximum atomic E-state index is 13.4. The SMILES string of the molecule is CC(C)(C)[Si](OCc1ccc(F)s1)(c1ccccc1)c1ccccc1. The van der Waals surface area contributed by atoms with Crippen LogP contribution in [0.25, 0.3) is 0 Å². The van der Waals surface area contributed by atoms with Crippen molar-refractivity contribution in [2.24, 2.45) is 0 Å². The van der Waals surface area contributed by atoms with Crippen molar-refractivity contribution in [2.45, 2.75) is 32.4 Å². The lowest BCUT2D eigenvalue weighted by atomic mass is 10.2. The normalized spacial score (nSPS) is 12.3. The summed E-state index contributed by atoms with van der Waals surface area (Å²) >= 11 is 1.16. The highest BCUT2D eigenvalue weighted by Crippen LogP contribution is 2.37.